The number of aromatic nitrogens is 2. The van der Waals surface area contributed by atoms with Gasteiger partial charge in [-0.2, -0.15) is 0 Å². The predicted molar refractivity (Wildman–Crippen MR) is 195 cm³/mol. The van der Waals surface area contributed by atoms with Crippen LogP contribution in [0.4, 0.5) is 0 Å². The SMILES string of the molecule is Cc1[nH]c(-c2ccccc2)nc1C(=O)N1CCCCNC(=O)[C@H]([C@@H](C)O)NC(=O)[C@@H](CC(C)C)NC(=O)Cc2cccc(c2)OCC(=O)NCCC1. The number of ether oxygens (including phenoxy) is 1. The molecule has 1 aliphatic heterocycles. The lowest BCUT2D eigenvalue weighted by Crippen LogP contribution is -2.57. The number of aliphatic hydroxyl groups is 1. The minimum atomic E-state index is -1.24. The Labute approximate surface area is 304 Å². The van der Waals surface area contributed by atoms with E-state index in [4.69, 9.17) is 4.74 Å². The fourth-order valence-electron chi connectivity index (χ4n) is 5.85. The van der Waals surface area contributed by atoms with Gasteiger partial charge in [0.25, 0.3) is 11.8 Å². The van der Waals surface area contributed by atoms with Crippen LogP contribution in [0.15, 0.2) is 54.6 Å². The van der Waals surface area contributed by atoms with Gasteiger partial charge in [0.2, 0.25) is 17.7 Å². The van der Waals surface area contributed by atoms with Crippen LogP contribution in [0.1, 0.15) is 68.2 Å². The molecular formula is C38H51N7O7. The van der Waals surface area contributed by atoms with E-state index in [9.17, 15) is 29.1 Å². The van der Waals surface area contributed by atoms with Gasteiger partial charge < -0.3 is 41.0 Å². The maximum Gasteiger partial charge on any atom is 0.274 e. The highest BCUT2D eigenvalue weighted by atomic mass is 16.5. The van der Waals surface area contributed by atoms with Crippen molar-refractivity contribution in [2.75, 3.05) is 32.8 Å². The lowest BCUT2D eigenvalue weighted by Gasteiger charge is -2.26. The zero-order valence-electron chi connectivity index (χ0n) is 30.4. The number of H-pyrrole nitrogens is 1. The zero-order valence-corrected chi connectivity index (χ0v) is 30.4. The lowest BCUT2D eigenvalue weighted by molar-refractivity contribution is -0.134. The van der Waals surface area contributed by atoms with Crippen LogP contribution in [-0.4, -0.2) is 100 Å². The number of aromatic amines is 1. The Balaban J connectivity index is 1.51. The van der Waals surface area contributed by atoms with Gasteiger partial charge in [0.05, 0.1) is 12.5 Å². The normalized spacial score (nSPS) is 19.7. The first-order chi connectivity index (χ1) is 24.9. The number of aryl methyl sites for hydroxylation is 1. The number of imidazole rings is 1. The topological polar surface area (TPSA) is 195 Å². The molecule has 0 unspecified atom stereocenters. The Bertz CT molecular complexity index is 1670. The van der Waals surface area contributed by atoms with Crippen molar-refractivity contribution in [2.45, 2.75) is 78.0 Å². The van der Waals surface area contributed by atoms with Crippen LogP contribution in [-0.2, 0) is 25.6 Å². The molecule has 0 saturated heterocycles. The Morgan fingerprint density at radius 3 is 2.37 bits per heavy atom. The van der Waals surface area contributed by atoms with E-state index in [1.54, 1.807) is 36.1 Å². The minimum Gasteiger partial charge on any atom is -0.484 e. The van der Waals surface area contributed by atoms with Crippen LogP contribution < -0.4 is 26.0 Å². The van der Waals surface area contributed by atoms with Crippen molar-refractivity contribution < 1.29 is 33.8 Å². The van der Waals surface area contributed by atoms with E-state index in [1.165, 1.54) is 6.92 Å². The minimum absolute atomic E-state index is 0.0406. The molecule has 52 heavy (non-hydrogen) atoms. The molecular weight excluding hydrogens is 666 g/mol. The summed E-state index contributed by atoms with van der Waals surface area (Å²) in [6.07, 6.45) is 0.574. The second-order valence-electron chi connectivity index (χ2n) is 13.5. The average molecular weight is 718 g/mol. The number of carbonyl (C=O) groups excluding carboxylic acids is 5. The number of carbonyl (C=O) groups is 5. The molecule has 0 aliphatic carbocycles. The molecule has 6 N–H and O–H groups in total. The summed E-state index contributed by atoms with van der Waals surface area (Å²) < 4.78 is 5.69. The summed E-state index contributed by atoms with van der Waals surface area (Å²) >= 11 is 0. The molecule has 1 aromatic heterocycles. The van der Waals surface area contributed by atoms with Crippen molar-refractivity contribution in [3.05, 3.63) is 71.5 Å². The molecule has 2 bridgehead atoms. The number of benzene rings is 2. The summed E-state index contributed by atoms with van der Waals surface area (Å²) in [4.78, 5) is 75.5. The van der Waals surface area contributed by atoms with Gasteiger partial charge in [-0.15, -0.1) is 0 Å². The third-order valence-electron chi connectivity index (χ3n) is 8.56. The molecule has 0 spiro atoms. The Morgan fingerprint density at radius 1 is 0.904 bits per heavy atom. The molecule has 3 atom stereocenters. The van der Waals surface area contributed by atoms with E-state index in [0.29, 0.717) is 73.8 Å². The van der Waals surface area contributed by atoms with Gasteiger partial charge in [-0.05, 0) is 63.1 Å². The van der Waals surface area contributed by atoms with E-state index in [0.717, 1.165) is 5.56 Å². The molecule has 0 fully saturated rings. The van der Waals surface area contributed by atoms with Crippen LogP contribution in [0.3, 0.4) is 0 Å². The summed E-state index contributed by atoms with van der Waals surface area (Å²) in [5.41, 5.74) is 2.41. The molecule has 0 radical (unpaired) electrons. The van der Waals surface area contributed by atoms with E-state index in [2.05, 4.69) is 31.2 Å². The molecule has 1 aliphatic rings. The van der Waals surface area contributed by atoms with E-state index >= 15 is 0 Å². The molecule has 280 valence electrons. The lowest BCUT2D eigenvalue weighted by atomic mass is 10.0. The van der Waals surface area contributed by atoms with Gasteiger partial charge in [0, 0.05) is 37.4 Å². The van der Waals surface area contributed by atoms with Crippen LogP contribution in [0.5, 0.6) is 5.75 Å². The molecule has 3 aromatic rings. The van der Waals surface area contributed by atoms with Crippen molar-refractivity contribution in [3.8, 4) is 17.1 Å². The number of aliphatic hydroxyl groups excluding tert-OH is 1. The first-order valence-corrected chi connectivity index (χ1v) is 17.9. The molecule has 0 saturated carbocycles. The number of hydrogen-bond acceptors (Lipinski definition) is 8. The third-order valence-corrected chi connectivity index (χ3v) is 8.56. The largest absolute Gasteiger partial charge is 0.484 e. The van der Waals surface area contributed by atoms with Crippen molar-refractivity contribution in [1.29, 1.82) is 0 Å². The maximum absolute atomic E-state index is 13.8. The zero-order chi connectivity index (χ0) is 37.6. The summed E-state index contributed by atoms with van der Waals surface area (Å²) in [5, 5.41) is 21.4. The van der Waals surface area contributed by atoms with Gasteiger partial charge in [0.15, 0.2) is 6.61 Å². The van der Waals surface area contributed by atoms with Gasteiger partial charge >= 0.3 is 0 Å². The van der Waals surface area contributed by atoms with E-state index in [-0.39, 0.29) is 37.3 Å². The molecule has 14 heteroatoms. The molecule has 2 aromatic carbocycles. The van der Waals surface area contributed by atoms with Crippen LogP contribution in [0.2, 0.25) is 0 Å². The van der Waals surface area contributed by atoms with Crippen LogP contribution in [0.25, 0.3) is 11.4 Å². The Hall–Kier alpha value is -5.24. The second kappa shape index (κ2) is 19.4. The van der Waals surface area contributed by atoms with E-state index < -0.39 is 35.9 Å². The standard InChI is InChI=1S/C38H51N7O7/c1-24(2)20-30-36(49)44-34(26(4)46)37(50)40-16-8-9-18-45(38(51)33-25(3)41-35(43-33)28-13-6-5-7-14-28)19-11-17-39-32(48)23-52-29-15-10-12-27(21-29)22-31(47)42-30/h5-7,10,12-15,21,24,26,30,34,46H,8-9,11,16-20,22-23H2,1-4H3,(H,39,48)(H,40,50)(H,41,43)(H,42,47)(H,44,49)/t26-,30-,34+/m1/s1. The first-order valence-electron chi connectivity index (χ1n) is 17.9. The molecule has 4 rings (SSSR count). The number of hydrogen-bond donors (Lipinski definition) is 6. The molecule has 5 amide bonds. The third kappa shape index (κ3) is 11.9. The summed E-state index contributed by atoms with van der Waals surface area (Å²) in [7, 11) is 0. The van der Waals surface area contributed by atoms with Crippen molar-refractivity contribution in [3.63, 3.8) is 0 Å². The maximum atomic E-state index is 13.8. The monoisotopic (exact) mass is 717 g/mol. The highest BCUT2D eigenvalue weighted by Crippen LogP contribution is 2.19. The fourth-order valence-corrected chi connectivity index (χ4v) is 5.85. The number of nitrogens with one attached hydrogen (secondary N) is 5. The summed E-state index contributed by atoms with van der Waals surface area (Å²) in [6, 6.07) is 14.1. The number of nitrogens with zero attached hydrogens (tertiary/aromatic N) is 2. The summed E-state index contributed by atoms with van der Waals surface area (Å²) in [6.45, 7) is 8.05. The van der Waals surface area contributed by atoms with Crippen LogP contribution >= 0.6 is 0 Å². The van der Waals surface area contributed by atoms with Crippen molar-refractivity contribution in [2.24, 2.45) is 5.92 Å². The van der Waals surface area contributed by atoms with E-state index in [1.807, 2.05) is 44.2 Å². The highest BCUT2D eigenvalue weighted by Gasteiger charge is 2.30. The Kier molecular flexibility index (Phi) is 14.7. The quantitative estimate of drug-likeness (QED) is 0.231. The second-order valence-corrected chi connectivity index (χ2v) is 13.5. The first kappa shape index (κ1) is 39.5. The smallest absolute Gasteiger partial charge is 0.274 e. The fraction of sp³-hybridized carbons (Fsp3) is 0.474. The van der Waals surface area contributed by atoms with Gasteiger partial charge in [-0.25, -0.2) is 4.98 Å². The molecule has 2 heterocycles. The van der Waals surface area contributed by atoms with Gasteiger partial charge in [-0.3, -0.25) is 24.0 Å². The Morgan fingerprint density at radius 2 is 1.63 bits per heavy atom. The van der Waals surface area contributed by atoms with Crippen LogP contribution in [0, 0.1) is 12.8 Å². The summed E-state index contributed by atoms with van der Waals surface area (Å²) in [5.74, 6) is -1.11. The van der Waals surface area contributed by atoms with Crippen molar-refractivity contribution in [1.82, 2.24) is 36.1 Å². The number of amides is 5. The molecule has 14 nitrogen and oxygen atoms in total. The van der Waals surface area contributed by atoms with Gasteiger partial charge in [0.1, 0.15) is 29.4 Å². The van der Waals surface area contributed by atoms with Crippen molar-refractivity contribution >= 4 is 29.5 Å². The highest BCUT2D eigenvalue weighted by molar-refractivity contribution is 5.94. The van der Waals surface area contributed by atoms with Gasteiger partial charge in [-0.1, -0.05) is 56.3 Å². The number of fused-ring (bicyclic) bond motifs is 2. The average Bonchev–Trinajstić information content (AvgIpc) is 3.50. The predicted octanol–water partition coefficient (Wildman–Crippen LogP) is 2.26. The number of rotatable bonds is 5.